The Labute approximate surface area is 79.2 Å². The van der Waals surface area contributed by atoms with Crippen LogP contribution in [0.15, 0.2) is 0 Å². The van der Waals surface area contributed by atoms with Crippen LogP contribution in [0.4, 0.5) is 0 Å². The molecule has 2 radical (unpaired) electrons. The third-order valence-electron chi connectivity index (χ3n) is 1.42. The van der Waals surface area contributed by atoms with Gasteiger partial charge < -0.3 is 0 Å². The molecule has 0 aliphatic heterocycles. The summed E-state index contributed by atoms with van der Waals surface area (Å²) in [5.74, 6) is 0. The molecule has 2 aromatic heterocycles. The van der Waals surface area contributed by atoms with Crippen LogP contribution in [-0.2, 0) is 0 Å². The molecular weight excluding hydrogens is 192 g/mol. The van der Waals surface area contributed by atoms with Crippen molar-refractivity contribution >= 4 is 46.0 Å². The molecule has 0 spiro atoms. The number of rotatable bonds is 0. The highest BCUT2D eigenvalue weighted by molar-refractivity contribution is 7.25. The Morgan fingerprint density at radius 2 is 2.08 bits per heavy atom. The van der Waals surface area contributed by atoms with Crippen LogP contribution >= 0.6 is 22.9 Å². The van der Waals surface area contributed by atoms with Crippen molar-refractivity contribution in [1.82, 2.24) is 15.0 Å². The molecule has 0 atom stereocenters. The second-order valence-corrected chi connectivity index (χ2v) is 3.63. The molecule has 0 aliphatic carbocycles. The molecule has 0 saturated heterocycles. The van der Waals surface area contributed by atoms with Gasteiger partial charge in [-0.3, -0.25) is 0 Å². The average molecular weight is 195 g/mol. The predicted octanol–water partition coefficient (Wildman–Crippen LogP) is 0.842. The van der Waals surface area contributed by atoms with Crippen LogP contribution in [0.5, 0.6) is 0 Å². The van der Waals surface area contributed by atoms with Gasteiger partial charge in [0.1, 0.15) is 10.3 Å². The van der Waals surface area contributed by atoms with Crippen molar-refractivity contribution in [2.45, 2.75) is 6.92 Å². The molecule has 0 saturated carbocycles. The van der Waals surface area contributed by atoms with E-state index in [1.54, 1.807) is 0 Å². The maximum atomic E-state index is 5.65. The normalized spacial score (nSPS) is 10.8. The first kappa shape index (κ1) is 7.95. The average Bonchev–Trinajstić information content (AvgIpc) is 2.29. The van der Waals surface area contributed by atoms with Crippen LogP contribution < -0.4 is 4.91 Å². The van der Waals surface area contributed by atoms with E-state index in [1.165, 1.54) is 11.3 Å². The first-order chi connectivity index (χ1) is 5.66. The summed E-state index contributed by atoms with van der Waals surface area (Å²) in [6.45, 7) is 1.83. The molecule has 0 fully saturated rings. The van der Waals surface area contributed by atoms with Gasteiger partial charge in [-0.2, -0.15) is 0 Å². The zero-order chi connectivity index (χ0) is 8.72. The highest BCUT2D eigenvalue weighted by Crippen LogP contribution is 2.17. The standard InChI is InChI=1S/C6H3BClN3S/c1-2-3-4(11-6(8)9-2)12-5(7)10-3/h1H3. The van der Waals surface area contributed by atoms with Crippen molar-refractivity contribution in [2.24, 2.45) is 0 Å². The highest BCUT2D eigenvalue weighted by atomic mass is 35.5. The Morgan fingerprint density at radius 1 is 1.33 bits per heavy atom. The van der Waals surface area contributed by atoms with Crippen LogP contribution in [0.2, 0.25) is 5.28 Å². The number of nitrogens with zero attached hydrogens (tertiary/aromatic N) is 3. The number of fused-ring (bicyclic) bond motifs is 1. The Morgan fingerprint density at radius 3 is 2.83 bits per heavy atom. The Hall–Kier alpha value is -0.675. The van der Waals surface area contributed by atoms with E-state index in [2.05, 4.69) is 15.0 Å². The third kappa shape index (κ3) is 1.19. The number of aromatic nitrogens is 3. The van der Waals surface area contributed by atoms with Gasteiger partial charge in [0.25, 0.3) is 0 Å². The first-order valence-electron chi connectivity index (χ1n) is 3.23. The van der Waals surface area contributed by atoms with E-state index >= 15 is 0 Å². The van der Waals surface area contributed by atoms with E-state index in [4.69, 9.17) is 19.4 Å². The summed E-state index contributed by atoms with van der Waals surface area (Å²) >= 11 is 6.96. The van der Waals surface area contributed by atoms with E-state index in [1.807, 2.05) is 6.92 Å². The van der Waals surface area contributed by atoms with Gasteiger partial charge in [0, 0.05) is 4.91 Å². The maximum Gasteiger partial charge on any atom is 0.224 e. The van der Waals surface area contributed by atoms with Gasteiger partial charge in [-0.05, 0) is 18.5 Å². The van der Waals surface area contributed by atoms with E-state index in [9.17, 15) is 0 Å². The highest BCUT2D eigenvalue weighted by Gasteiger charge is 2.06. The fourth-order valence-corrected chi connectivity index (χ4v) is 1.96. The van der Waals surface area contributed by atoms with Crippen molar-refractivity contribution in [3.63, 3.8) is 0 Å². The van der Waals surface area contributed by atoms with Crippen molar-refractivity contribution in [3.05, 3.63) is 11.0 Å². The summed E-state index contributed by atoms with van der Waals surface area (Å²) in [7, 11) is 5.51. The van der Waals surface area contributed by atoms with Gasteiger partial charge in [0.2, 0.25) is 5.28 Å². The lowest BCUT2D eigenvalue weighted by molar-refractivity contribution is 1.15. The molecule has 12 heavy (non-hydrogen) atoms. The summed E-state index contributed by atoms with van der Waals surface area (Å²) < 4.78 is 0. The minimum absolute atomic E-state index is 0.239. The van der Waals surface area contributed by atoms with Crippen LogP contribution in [-0.4, -0.2) is 22.8 Å². The molecule has 2 aromatic rings. The van der Waals surface area contributed by atoms with Gasteiger partial charge in [0.05, 0.1) is 5.69 Å². The number of aryl methyl sites for hydroxylation is 1. The van der Waals surface area contributed by atoms with Crippen molar-refractivity contribution < 1.29 is 0 Å². The second kappa shape index (κ2) is 2.67. The fourth-order valence-electron chi connectivity index (χ4n) is 0.940. The molecule has 58 valence electrons. The minimum Gasteiger partial charge on any atom is -0.250 e. The van der Waals surface area contributed by atoms with Crippen molar-refractivity contribution in [2.75, 3.05) is 0 Å². The Kier molecular flexibility index (Phi) is 1.77. The second-order valence-electron chi connectivity index (χ2n) is 2.28. The third-order valence-corrected chi connectivity index (χ3v) is 2.37. The lowest BCUT2D eigenvalue weighted by Gasteiger charge is -1.92. The summed E-state index contributed by atoms with van der Waals surface area (Å²) in [6, 6.07) is 0. The van der Waals surface area contributed by atoms with E-state index < -0.39 is 0 Å². The molecule has 0 aliphatic rings. The van der Waals surface area contributed by atoms with Crippen molar-refractivity contribution in [3.8, 4) is 0 Å². The Bertz CT molecular complexity index is 442. The molecule has 6 heteroatoms. The molecule has 0 bridgehead atoms. The summed E-state index contributed by atoms with van der Waals surface area (Å²) in [6.07, 6.45) is 0. The summed E-state index contributed by atoms with van der Waals surface area (Å²) in [5.41, 5.74) is 1.50. The number of hydrogen-bond donors (Lipinski definition) is 0. The van der Waals surface area contributed by atoms with E-state index in [0.29, 0.717) is 4.91 Å². The fraction of sp³-hybridized carbons (Fsp3) is 0.167. The summed E-state index contributed by atoms with van der Waals surface area (Å²) in [5, 5.41) is 0.239. The zero-order valence-corrected chi connectivity index (χ0v) is 7.78. The molecule has 0 aromatic carbocycles. The number of halogens is 1. The number of thiazole rings is 1. The van der Waals surface area contributed by atoms with E-state index in [-0.39, 0.29) is 5.28 Å². The lowest BCUT2D eigenvalue weighted by Crippen LogP contribution is -1.97. The summed E-state index contributed by atoms with van der Waals surface area (Å²) in [4.78, 5) is 13.2. The molecule has 2 rings (SSSR count). The van der Waals surface area contributed by atoms with Gasteiger partial charge in [-0.1, -0.05) is 0 Å². The van der Waals surface area contributed by atoms with Crippen LogP contribution in [0, 0.1) is 6.92 Å². The molecule has 0 unspecified atom stereocenters. The van der Waals surface area contributed by atoms with Gasteiger partial charge in [-0.25, -0.2) is 15.0 Å². The molecular formula is C6H3BClN3S. The zero-order valence-electron chi connectivity index (χ0n) is 6.21. The Balaban J connectivity index is 2.88. The van der Waals surface area contributed by atoms with Crippen molar-refractivity contribution in [1.29, 1.82) is 0 Å². The number of hydrogen-bond acceptors (Lipinski definition) is 4. The minimum atomic E-state index is 0.239. The monoisotopic (exact) mass is 195 g/mol. The van der Waals surface area contributed by atoms with Gasteiger partial charge in [-0.15, -0.1) is 11.3 Å². The van der Waals surface area contributed by atoms with E-state index in [0.717, 1.165) is 16.0 Å². The molecule has 0 amide bonds. The topological polar surface area (TPSA) is 38.7 Å². The first-order valence-corrected chi connectivity index (χ1v) is 4.42. The largest absolute Gasteiger partial charge is 0.250 e. The molecule has 0 N–H and O–H groups in total. The van der Waals surface area contributed by atoms with Gasteiger partial charge in [0.15, 0.2) is 7.85 Å². The SMILES string of the molecule is [B]c1nc2c(C)nc(Cl)nc2s1. The quantitative estimate of drug-likeness (QED) is 0.462. The molecule has 3 nitrogen and oxygen atoms in total. The van der Waals surface area contributed by atoms with Crippen LogP contribution in [0.25, 0.3) is 10.3 Å². The maximum absolute atomic E-state index is 5.65. The molecule has 2 heterocycles. The van der Waals surface area contributed by atoms with Crippen LogP contribution in [0.3, 0.4) is 0 Å². The smallest absolute Gasteiger partial charge is 0.224 e. The van der Waals surface area contributed by atoms with Crippen LogP contribution in [0.1, 0.15) is 5.69 Å². The van der Waals surface area contributed by atoms with Gasteiger partial charge >= 0.3 is 0 Å². The lowest BCUT2D eigenvalue weighted by atomic mass is 10.2. The predicted molar refractivity (Wildman–Crippen MR) is 50.3 cm³/mol.